The molecule has 0 aliphatic rings. The van der Waals surface area contributed by atoms with Crippen molar-refractivity contribution in [2.24, 2.45) is 0 Å². The van der Waals surface area contributed by atoms with Crippen LogP contribution < -0.4 is 10.6 Å². The second-order valence-electron chi connectivity index (χ2n) is 6.46. The Hall–Kier alpha value is -3.86. The zero-order valence-corrected chi connectivity index (χ0v) is 17.0. The Morgan fingerprint density at radius 3 is 2.39 bits per heavy atom. The molecule has 31 heavy (non-hydrogen) atoms. The van der Waals surface area contributed by atoms with Gasteiger partial charge in [0.2, 0.25) is 0 Å². The number of hydrogen-bond donors (Lipinski definition) is 2. The third kappa shape index (κ3) is 6.06. The molecule has 0 heterocycles. The number of rotatable bonds is 10. The number of benzene rings is 2. The normalized spacial score (nSPS) is 10.4. The van der Waals surface area contributed by atoms with Gasteiger partial charge in [-0.1, -0.05) is 12.1 Å². The van der Waals surface area contributed by atoms with Crippen LogP contribution in [0.25, 0.3) is 0 Å². The summed E-state index contributed by atoms with van der Waals surface area (Å²) in [5, 5.41) is 27.6. The lowest BCUT2D eigenvalue weighted by Gasteiger charge is -2.12. The molecule has 2 N–H and O–H groups in total. The van der Waals surface area contributed by atoms with E-state index in [-0.39, 0.29) is 22.4 Å². The lowest BCUT2D eigenvalue weighted by atomic mass is 10.0. The van der Waals surface area contributed by atoms with Crippen LogP contribution in [0.2, 0.25) is 0 Å². The number of ether oxygens (including phenoxy) is 1. The Kier molecular flexibility index (Phi) is 8.15. The van der Waals surface area contributed by atoms with Crippen LogP contribution in [-0.2, 0) is 4.74 Å². The SMILES string of the molecule is CCOCCCNC(=O)c1ccccc1NC(=O)c1cc([N+](=O)[O-])cc([N+](=O)[O-])c1C. The van der Waals surface area contributed by atoms with E-state index in [1.54, 1.807) is 12.1 Å². The first kappa shape index (κ1) is 23.4. The van der Waals surface area contributed by atoms with Gasteiger partial charge in [-0.2, -0.15) is 0 Å². The Balaban J connectivity index is 2.26. The van der Waals surface area contributed by atoms with Crippen molar-refractivity contribution in [2.75, 3.05) is 25.1 Å². The van der Waals surface area contributed by atoms with Gasteiger partial charge in [-0.15, -0.1) is 0 Å². The monoisotopic (exact) mass is 430 g/mol. The molecule has 0 saturated heterocycles. The second kappa shape index (κ2) is 10.8. The zero-order valence-electron chi connectivity index (χ0n) is 17.0. The maximum absolute atomic E-state index is 12.8. The minimum absolute atomic E-state index is 0.0223. The fourth-order valence-electron chi connectivity index (χ4n) is 2.81. The third-order valence-corrected chi connectivity index (χ3v) is 4.39. The predicted molar refractivity (Wildman–Crippen MR) is 112 cm³/mol. The van der Waals surface area contributed by atoms with E-state index in [2.05, 4.69) is 10.6 Å². The lowest BCUT2D eigenvalue weighted by Crippen LogP contribution is -2.27. The second-order valence-corrected chi connectivity index (χ2v) is 6.46. The molecule has 0 radical (unpaired) electrons. The summed E-state index contributed by atoms with van der Waals surface area (Å²) >= 11 is 0. The van der Waals surface area contributed by atoms with Crippen LogP contribution in [0.15, 0.2) is 36.4 Å². The topological polar surface area (TPSA) is 154 Å². The number of nitro groups is 2. The van der Waals surface area contributed by atoms with Crippen LogP contribution in [0.1, 0.15) is 39.6 Å². The van der Waals surface area contributed by atoms with Crippen LogP contribution in [-0.4, -0.2) is 41.4 Å². The fourth-order valence-corrected chi connectivity index (χ4v) is 2.81. The number of non-ortho nitro benzene ring substituents is 1. The highest BCUT2D eigenvalue weighted by atomic mass is 16.6. The van der Waals surface area contributed by atoms with Gasteiger partial charge in [0.25, 0.3) is 23.2 Å². The van der Waals surface area contributed by atoms with Crippen molar-refractivity contribution in [3.8, 4) is 0 Å². The third-order valence-electron chi connectivity index (χ3n) is 4.39. The first-order valence-electron chi connectivity index (χ1n) is 9.46. The van der Waals surface area contributed by atoms with Gasteiger partial charge in [-0.25, -0.2) is 0 Å². The molecule has 2 aromatic rings. The van der Waals surface area contributed by atoms with Crippen LogP contribution in [0, 0.1) is 27.2 Å². The number of amides is 2. The molecule has 164 valence electrons. The summed E-state index contributed by atoms with van der Waals surface area (Å²) in [6.45, 7) is 4.65. The summed E-state index contributed by atoms with van der Waals surface area (Å²) < 4.78 is 5.21. The number of nitrogens with zero attached hydrogens (tertiary/aromatic N) is 2. The number of anilines is 1. The number of carbonyl (C=O) groups is 2. The van der Waals surface area contributed by atoms with E-state index in [4.69, 9.17) is 4.74 Å². The molecular weight excluding hydrogens is 408 g/mol. The summed E-state index contributed by atoms with van der Waals surface area (Å²) in [6.07, 6.45) is 0.616. The molecule has 0 saturated carbocycles. The minimum atomic E-state index is -0.813. The molecular formula is C20H22N4O7. The van der Waals surface area contributed by atoms with E-state index >= 15 is 0 Å². The molecule has 0 spiro atoms. The number of nitrogens with one attached hydrogen (secondary N) is 2. The molecule has 2 rings (SSSR count). The molecule has 0 bridgehead atoms. The number of nitro benzene ring substituents is 2. The van der Waals surface area contributed by atoms with Crippen molar-refractivity contribution in [1.29, 1.82) is 0 Å². The van der Waals surface area contributed by atoms with Gasteiger partial charge in [0.1, 0.15) is 0 Å². The lowest BCUT2D eigenvalue weighted by molar-refractivity contribution is -0.394. The molecule has 11 heteroatoms. The molecule has 0 atom stereocenters. The maximum atomic E-state index is 12.8. The highest BCUT2D eigenvalue weighted by Crippen LogP contribution is 2.29. The van der Waals surface area contributed by atoms with Crippen molar-refractivity contribution < 1.29 is 24.2 Å². The number of para-hydroxylation sites is 1. The van der Waals surface area contributed by atoms with Crippen LogP contribution in [0.4, 0.5) is 17.1 Å². The molecule has 2 aromatic carbocycles. The van der Waals surface area contributed by atoms with Gasteiger partial charge < -0.3 is 15.4 Å². The van der Waals surface area contributed by atoms with E-state index in [9.17, 15) is 29.8 Å². The summed E-state index contributed by atoms with van der Waals surface area (Å²) in [5.41, 5.74) is -1.02. The van der Waals surface area contributed by atoms with Gasteiger partial charge in [-0.3, -0.25) is 29.8 Å². The summed E-state index contributed by atoms with van der Waals surface area (Å²) in [6, 6.07) is 7.99. The predicted octanol–water partition coefficient (Wildman–Crippen LogP) is 3.22. The highest BCUT2D eigenvalue weighted by molar-refractivity contribution is 6.10. The highest BCUT2D eigenvalue weighted by Gasteiger charge is 2.25. The van der Waals surface area contributed by atoms with Gasteiger partial charge >= 0.3 is 0 Å². The molecule has 0 aliphatic heterocycles. The van der Waals surface area contributed by atoms with E-state index < -0.39 is 33.0 Å². The summed E-state index contributed by atoms with van der Waals surface area (Å²) in [5.74, 6) is -1.23. The van der Waals surface area contributed by atoms with E-state index in [1.165, 1.54) is 19.1 Å². The van der Waals surface area contributed by atoms with Gasteiger partial charge in [0, 0.05) is 31.4 Å². The molecule has 0 aliphatic carbocycles. The standard InChI is InChI=1S/C20H22N4O7/c1-3-31-10-6-9-21-19(25)15-7-4-5-8-17(15)22-20(26)16-11-14(23(27)28)12-18(13(16)2)24(29)30/h4-5,7-8,11-12H,3,6,9-10H2,1-2H3,(H,21,25)(H,22,26). The number of hydrogen-bond acceptors (Lipinski definition) is 7. The quantitative estimate of drug-likeness (QED) is 0.333. The van der Waals surface area contributed by atoms with E-state index in [1.807, 2.05) is 6.92 Å². The Bertz CT molecular complexity index is 1010. The fraction of sp³-hybridized carbons (Fsp3) is 0.300. The maximum Gasteiger partial charge on any atom is 0.279 e. The van der Waals surface area contributed by atoms with Crippen LogP contribution in [0.5, 0.6) is 0 Å². The Labute approximate surface area is 177 Å². The van der Waals surface area contributed by atoms with E-state index in [0.717, 1.165) is 12.1 Å². The average Bonchev–Trinajstić information content (AvgIpc) is 2.73. The smallest absolute Gasteiger partial charge is 0.279 e. The number of carbonyl (C=O) groups excluding carboxylic acids is 2. The largest absolute Gasteiger partial charge is 0.382 e. The van der Waals surface area contributed by atoms with Gasteiger partial charge in [-0.05, 0) is 32.4 Å². The molecule has 2 amide bonds. The average molecular weight is 430 g/mol. The minimum Gasteiger partial charge on any atom is -0.382 e. The zero-order chi connectivity index (χ0) is 23.0. The van der Waals surface area contributed by atoms with Gasteiger partial charge in [0.05, 0.1) is 32.7 Å². The van der Waals surface area contributed by atoms with Gasteiger partial charge in [0.15, 0.2) is 0 Å². The first-order chi connectivity index (χ1) is 14.8. The van der Waals surface area contributed by atoms with Crippen molar-refractivity contribution in [3.05, 3.63) is 73.3 Å². The van der Waals surface area contributed by atoms with Crippen LogP contribution in [0.3, 0.4) is 0 Å². The summed E-state index contributed by atoms with van der Waals surface area (Å²) in [7, 11) is 0. The molecule has 0 unspecified atom stereocenters. The van der Waals surface area contributed by atoms with Crippen molar-refractivity contribution in [1.82, 2.24) is 5.32 Å². The molecule has 0 aromatic heterocycles. The summed E-state index contributed by atoms with van der Waals surface area (Å²) in [4.78, 5) is 46.0. The molecule has 11 nitrogen and oxygen atoms in total. The molecule has 0 fully saturated rings. The van der Waals surface area contributed by atoms with Crippen LogP contribution >= 0.6 is 0 Å². The first-order valence-corrected chi connectivity index (χ1v) is 9.46. The Morgan fingerprint density at radius 2 is 1.74 bits per heavy atom. The van der Waals surface area contributed by atoms with Crippen molar-refractivity contribution in [2.45, 2.75) is 20.3 Å². The van der Waals surface area contributed by atoms with Crippen molar-refractivity contribution in [3.63, 3.8) is 0 Å². The van der Waals surface area contributed by atoms with Crippen molar-refractivity contribution >= 4 is 28.9 Å². The Morgan fingerprint density at radius 1 is 1.03 bits per heavy atom. The van der Waals surface area contributed by atoms with E-state index in [0.29, 0.717) is 26.2 Å².